The quantitative estimate of drug-likeness (QED) is 0.826. The van der Waals surface area contributed by atoms with E-state index in [0.29, 0.717) is 31.1 Å². The average molecular weight is 355 g/mol. The summed E-state index contributed by atoms with van der Waals surface area (Å²) in [5.74, 6) is -2.24. The molecule has 136 valence electrons. The molecule has 1 fully saturated rings. The summed E-state index contributed by atoms with van der Waals surface area (Å²) < 4.78 is 36.8. The maximum atomic E-state index is 12.4. The molecule has 1 amide bonds. The van der Waals surface area contributed by atoms with E-state index < -0.39 is 18.0 Å². The highest BCUT2D eigenvalue weighted by Gasteiger charge is 2.37. The van der Waals surface area contributed by atoms with Crippen LogP contribution in [0.4, 0.5) is 24.5 Å². The van der Waals surface area contributed by atoms with Gasteiger partial charge in [-0.15, -0.1) is 0 Å². The molecular formula is C17H20F3N3O2. The van der Waals surface area contributed by atoms with E-state index in [1.807, 2.05) is 31.1 Å². The molecule has 0 bridgehead atoms. The lowest BCUT2D eigenvalue weighted by Crippen LogP contribution is -2.36. The van der Waals surface area contributed by atoms with Crippen LogP contribution in [-0.4, -0.2) is 49.4 Å². The standard InChI is InChI=1S/C17H20F3N3O2/c1-22(2)13-7-5-12(6-8-13)21-16(25)14-4-3-10-23(14)11-9-15(24)17(18,19)20/h5-9,11,14H,3-4,10H2,1-2H3,(H,21,25)/b11-9+. The number of hydrogen-bond donors (Lipinski definition) is 1. The molecule has 1 N–H and O–H groups in total. The van der Waals surface area contributed by atoms with Gasteiger partial charge in [0.05, 0.1) is 0 Å². The number of hydrogen-bond acceptors (Lipinski definition) is 4. The number of halogens is 3. The van der Waals surface area contributed by atoms with Crippen molar-refractivity contribution < 1.29 is 22.8 Å². The van der Waals surface area contributed by atoms with Crippen molar-refractivity contribution in [3.05, 3.63) is 36.5 Å². The number of nitrogens with one attached hydrogen (secondary N) is 1. The lowest BCUT2D eigenvalue weighted by atomic mass is 10.2. The van der Waals surface area contributed by atoms with Gasteiger partial charge in [-0.3, -0.25) is 9.59 Å². The van der Waals surface area contributed by atoms with Crippen molar-refractivity contribution in [1.82, 2.24) is 4.90 Å². The fourth-order valence-electron chi connectivity index (χ4n) is 2.58. The van der Waals surface area contributed by atoms with E-state index >= 15 is 0 Å². The topological polar surface area (TPSA) is 52.7 Å². The van der Waals surface area contributed by atoms with E-state index in [0.717, 1.165) is 11.9 Å². The molecule has 0 aromatic heterocycles. The molecular weight excluding hydrogens is 335 g/mol. The zero-order chi connectivity index (χ0) is 18.6. The highest BCUT2D eigenvalue weighted by molar-refractivity contribution is 5.96. The molecule has 1 aromatic rings. The Morgan fingerprint density at radius 3 is 2.44 bits per heavy atom. The highest BCUT2D eigenvalue weighted by Crippen LogP contribution is 2.22. The number of nitrogens with zero attached hydrogens (tertiary/aromatic N) is 2. The summed E-state index contributed by atoms with van der Waals surface area (Å²) in [7, 11) is 3.80. The van der Waals surface area contributed by atoms with Gasteiger partial charge < -0.3 is 15.1 Å². The van der Waals surface area contributed by atoms with Crippen molar-refractivity contribution in [3.63, 3.8) is 0 Å². The molecule has 5 nitrogen and oxygen atoms in total. The minimum Gasteiger partial charge on any atom is -0.378 e. The van der Waals surface area contributed by atoms with Crippen LogP contribution in [-0.2, 0) is 9.59 Å². The van der Waals surface area contributed by atoms with Gasteiger partial charge in [-0.1, -0.05) is 0 Å². The lowest BCUT2D eigenvalue weighted by Gasteiger charge is -2.22. The van der Waals surface area contributed by atoms with Crippen LogP contribution in [0, 0.1) is 0 Å². The minimum absolute atomic E-state index is 0.306. The van der Waals surface area contributed by atoms with Crippen molar-refractivity contribution >= 4 is 23.1 Å². The summed E-state index contributed by atoms with van der Waals surface area (Å²) in [6.07, 6.45) is -2.18. The first-order valence-corrected chi connectivity index (χ1v) is 7.82. The number of anilines is 2. The third-order valence-corrected chi connectivity index (χ3v) is 3.94. The Morgan fingerprint density at radius 1 is 1.24 bits per heavy atom. The predicted octanol–water partition coefficient (Wildman–Crippen LogP) is 2.80. The molecule has 1 aliphatic rings. The Bertz CT molecular complexity index is 654. The molecule has 1 aliphatic heterocycles. The molecule has 1 aromatic carbocycles. The van der Waals surface area contributed by atoms with Gasteiger partial charge in [0.25, 0.3) is 5.78 Å². The van der Waals surface area contributed by atoms with Crippen molar-refractivity contribution in [2.45, 2.75) is 25.1 Å². The first-order valence-electron chi connectivity index (χ1n) is 7.82. The van der Waals surface area contributed by atoms with Crippen LogP contribution < -0.4 is 10.2 Å². The molecule has 1 heterocycles. The molecule has 8 heteroatoms. The third kappa shape index (κ3) is 4.98. The molecule has 1 unspecified atom stereocenters. The van der Waals surface area contributed by atoms with Crippen LogP contribution in [0.15, 0.2) is 36.5 Å². The van der Waals surface area contributed by atoms with Gasteiger partial charge in [-0.05, 0) is 37.1 Å². The number of alkyl halides is 3. The molecule has 25 heavy (non-hydrogen) atoms. The molecule has 0 saturated carbocycles. The van der Waals surface area contributed by atoms with E-state index in [2.05, 4.69) is 5.32 Å². The van der Waals surface area contributed by atoms with Crippen LogP contribution in [0.2, 0.25) is 0 Å². The van der Waals surface area contributed by atoms with Gasteiger partial charge in [0.15, 0.2) is 0 Å². The Balaban J connectivity index is 2.00. The zero-order valence-electron chi connectivity index (χ0n) is 14.0. The molecule has 0 aliphatic carbocycles. The predicted molar refractivity (Wildman–Crippen MR) is 89.3 cm³/mol. The summed E-state index contributed by atoms with van der Waals surface area (Å²) in [6.45, 7) is 0.430. The number of allylic oxidation sites excluding steroid dienone is 1. The Morgan fingerprint density at radius 2 is 1.88 bits per heavy atom. The van der Waals surface area contributed by atoms with Crippen molar-refractivity contribution in [3.8, 4) is 0 Å². The number of ketones is 1. The second kappa shape index (κ2) is 7.58. The number of likely N-dealkylation sites (tertiary alicyclic amines) is 1. The van der Waals surface area contributed by atoms with Crippen LogP contribution in [0.1, 0.15) is 12.8 Å². The Kier molecular flexibility index (Phi) is 5.71. The summed E-state index contributed by atoms with van der Waals surface area (Å²) in [4.78, 5) is 26.7. The van der Waals surface area contributed by atoms with Gasteiger partial charge >= 0.3 is 6.18 Å². The normalized spacial score (nSPS) is 17.8. The average Bonchev–Trinajstić information content (AvgIpc) is 3.00. The molecule has 2 rings (SSSR count). The van der Waals surface area contributed by atoms with Gasteiger partial charge in [0.1, 0.15) is 6.04 Å². The monoisotopic (exact) mass is 355 g/mol. The lowest BCUT2D eigenvalue weighted by molar-refractivity contribution is -0.165. The second-order valence-electron chi connectivity index (χ2n) is 6.00. The van der Waals surface area contributed by atoms with Gasteiger partial charge in [-0.25, -0.2) is 0 Å². The number of amides is 1. The first kappa shape index (κ1) is 18.8. The Labute approximate surface area is 144 Å². The van der Waals surface area contributed by atoms with Crippen molar-refractivity contribution in [2.75, 3.05) is 30.9 Å². The van der Waals surface area contributed by atoms with Crippen LogP contribution in [0.5, 0.6) is 0 Å². The first-order chi connectivity index (χ1) is 11.7. The zero-order valence-corrected chi connectivity index (χ0v) is 14.0. The van der Waals surface area contributed by atoms with Crippen LogP contribution in [0.25, 0.3) is 0 Å². The number of rotatable bonds is 5. The highest BCUT2D eigenvalue weighted by atomic mass is 19.4. The molecule has 0 spiro atoms. The fourth-order valence-corrected chi connectivity index (χ4v) is 2.58. The maximum Gasteiger partial charge on any atom is 0.454 e. The number of benzene rings is 1. The second-order valence-corrected chi connectivity index (χ2v) is 6.00. The van der Waals surface area contributed by atoms with Crippen LogP contribution >= 0.6 is 0 Å². The smallest absolute Gasteiger partial charge is 0.378 e. The summed E-state index contributed by atoms with van der Waals surface area (Å²) in [5, 5.41) is 2.76. The SMILES string of the molecule is CN(C)c1ccc(NC(=O)C2CCCN2/C=C/C(=O)C(F)(F)F)cc1. The van der Waals surface area contributed by atoms with E-state index in [1.165, 1.54) is 4.90 Å². The maximum absolute atomic E-state index is 12.4. The fraction of sp³-hybridized carbons (Fsp3) is 0.412. The van der Waals surface area contributed by atoms with Gasteiger partial charge in [-0.2, -0.15) is 13.2 Å². The third-order valence-electron chi connectivity index (χ3n) is 3.94. The molecule has 0 radical (unpaired) electrons. The van der Waals surface area contributed by atoms with Gasteiger partial charge in [0.2, 0.25) is 5.91 Å². The van der Waals surface area contributed by atoms with Crippen molar-refractivity contribution in [2.24, 2.45) is 0 Å². The van der Waals surface area contributed by atoms with E-state index in [1.54, 1.807) is 12.1 Å². The summed E-state index contributed by atoms with van der Waals surface area (Å²) >= 11 is 0. The van der Waals surface area contributed by atoms with Crippen LogP contribution in [0.3, 0.4) is 0 Å². The van der Waals surface area contributed by atoms with Gasteiger partial charge in [0, 0.05) is 44.3 Å². The number of carbonyl (C=O) groups is 2. The van der Waals surface area contributed by atoms with Crippen molar-refractivity contribution in [1.29, 1.82) is 0 Å². The molecule has 1 saturated heterocycles. The largest absolute Gasteiger partial charge is 0.454 e. The Hall–Kier alpha value is -2.51. The summed E-state index contributed by atoms with van der Waals surface area (Å²) in [6, 6.07) is 6.63. The minimum atomic E-state index is -4.90. The van der Waals surface area contributed by atoms with E-state index in [-0.39, 0.29) is 5.91 Å². The van der Waals surface area contributed by atoms with E-state index in [4.69, 9.17) is 0 Å². The van der Waals surface area contributed by atoms with E-state index in [9.17, 15) is 22.8 Å². The molecule has 1 atom stereocenters. The number of carbonyl (C=O) groups excluding carboxylic acids is 2. The summed E-state index contributed by atoms with van der Waals surface area (Å²) in [5.41, 5.74) is 1.59.